The normalized spacial score (nSPS) is 18.9. The van der Waals surface area contributed by atoms with Gasteiger partial charge >= 0.3 is 6.03 Å². The zero-order valence-corrected chi connectivity index (χ0v) is 23.7. The second-order valence-corrected chi connectivity index (χ2v) is 12.3. The topological polar surface area (TPSA) is 128 Å². The van der Waals surface area contributed by atoms with E-state index >= 15 is 0 Å². The zero-order valence-electron chi connectivity index (χ0n) is 22.1. The van der Waals surface area contributed by atoms with Crippen LogP contribution in [0.4, 0.5) is 10.5 Å². The Morgan fingerprint density at radius 2 is 1.87 bits per heavy atom. The van der Waals surface area contributed by atoms with Crippen molar-refractivity contribution in [1.29, 1.82) is 0 Å². The number of aliphatic hydroxyl groups is 1. The Balaban J connectivity index is 2.02. The summed E-state index contributed by atoms with van der Waals surface area (Å²) in [6.45, 7) is 7.16. The molecule has 0 bridgehead atoms. The van der Waals surface area contributed by atoms with E-state index in [0.29, 0.717) is 5.02 Å². The average Bonchev–Trinajstić information content (AvgIpc) is 2.85. The lowest BCUT2D eigenvalue weighted by Crippen LogP contribution is -2.50. The van der Waals surface area contributed by atoms with Crippen molar-refractivity contribution in [2.75, 3.05) is 32.1 Å². The fourth-order valence-electron chi connectivity index (χ4n) is 4.12. The first-order valence-corrected chi connectivity index (χ1v) is 14.2. The van der Waals surface area contributed by atoms with E-state index in [2.05, 4.69) is 10.6 Å². The van der Waals surface area contributed by atoms with Crippen molar-refractivity contribution in [1.82, 2.24) is 14.5 Å². The molecule has 0 aromatic heterocycles. The molecule has 0 fully saturated rings. The number of hydrogen-bond acceptors (Lipinski definition) is 6. The highest BCUT2D eigenvalue weighted by Gasteiger charge is 2.36. The number of anilines is 1. The minimum Gasteiger partial charge on any atom is -0.486 e. The number of likely N-dealkylation sites (N-methyl/N-ethyl adjacent to an activating group) is 1. The van der Waals surface area contributed by atoms with Gasteiger partial charge in [-0.15, -0.1) is 0 Å². The van der Waals surface area contributed by atoms with Gasteiger partial charge in [-0.05, 0) is 57.2 Å². The molecule has 3 N–H and O–H groups in total. The largest absolute Gasteiger partial charge is 0.486 e. The fourth-order valence-corrected chi connectivity index (χ4v) is 5.43. The predicted octanol–water partition coefficient (Wildman–Crippen LogP) is 3.41. The van der Waals surface area contributed by atoms with Crippen molar-refractivity contribution in [3.63, 3.8) is 0 Å². The van der Waals surface area contributed by atoms with Crippen molar-refractivity contribution in [2.24, 2.45) is 5.92 Å². The number of benzene rings is 2. The van der Waals surface area contributed by atoms with Crippen LogP contribution < -0.4 is 15.4 Å². The van der Waals surface area contributed by atoms with E-state index < -0.39 is 28.2 Å². The Bertz CT molecular complexity index is 1250. The number of ether oxygens (including phenoxy) is 1. The number of hydrogen-bond donors (Lipinski definition) is 3. The van der Waals surface area contributed by atoms with Gasteiger partial charge in [0.05, 0.1) is 35.3 Å². The molecule has 3 rings (SSSR count). The molecular weight excluding hydrogens is 532 g/mol. The maximum Gasteiger partial charge on any atom is 0.319 e. The van der Waals surface area contributed by atoms with E-state index in [-0.39, 0.29) is 59.5 Å². The van der Waals surface area contributed by atoms with Crippen molar-refractivity contribution in [3.8, 4) is 5.75 Å². The highest BCUT2D eigenvalue weighted by molar-refractivity contribution is 7.89. The van der Waals surface area contributed by atoms with Crippen LogP contribution in [0.15, 0.2) is 47.4 Å². The molecule has 0 radical (unpaired) electrons. The molecule has 3 amide bonds. The van der Waals surface area contributed by atoms with Gasteiger partial charge in [-0.1, -0.05) is 24.6 Å². The number of urea groups is 1. The third-order valence-electron chi connectivity index (χ3n) is 6.32. The van der Waals surface area contributed by atoms with E-state index in [9.17, 15) is 23.1 Å². The van der Waals surface area contributed by atoms with Gasteiger partial charge in [-0.25, -0.2) is 13.2 Å². The second-order valence-electron chi connectivity index (χ2n) is 9.80. The summed E-state index contributed by atoms with van der Waals surface area (Å²) in [6.07, 6.45) is -0.696. The first kappa shape index (κ1) is 29.7. The molecule has 12 heteroatoms. The van der Waals surface area contributed by atoms with Crippen LogP contribution in [0.3, 0.4) is 0 Å². The van der Waals surface area contributed by atoms with Crippen LogP contribution in [0.25, 0.3) is 0 Å². The third-order valence-corrected chi connectivity index (χ3v) is 8.41. The molecule has 38 heavy (non-hydrogen) atoms. The Morgan fingerprint density at radius 3 is 2.47 bits per heavy atom. The van der Waals surface area contributed by atoms with Crippen molar-refractivity contribution < 1.29 is 27.9 Å². The number of rotatable bonds is 8. The third kappa shape index (κ3) is 6.76. The SMILES string of the molecule is CC(C)NC(=O)Nc1cccc2c1O[C@H](CN(C)S(=O)(=O)c1ccc(Cl)cc1)[C@H](C)CN([C@H](C)CO)C2=O. The van der Waals surface area contributed by atoms with E-state index in [4.69, 9.17) is 16.3 Å². The first-order valence-electron chi connectivity index (χ1n) is 12.4. The van der Waals surface area contributed by atoms with Crippen LogP contribution in [-0.4, -0.2) is 79.6 Å². The number of fused-ring (bicyclic) bond motifs is 1. The number of carbonyl (C=O) groups excluding carboxylic acids is 2. The first-order chi connectivity index (χ1) is 17.8. The number of para-hydroxylation sites is 1. The molecule has 1 aliphatic heterocycles. The zero-order chi connectivity index (χ0) is 28.2. The molecule has 10 nitrogen and oxygen atoms in total. The summed E-state index contributed by atoms with van der Waals surface area (Å²) < 4.78 is 34.1. The molecular formula is C26H35ClN4O6S. The summed E-state index contributed by atoms with van der Waals surface area (Å²) in [4.78, 5) is 27.7. The molecule has 0 saturated carbocycles. The summed E-state index contributed by atoms with van der Waals surface area (Å²) in [5, 5.41) is 15.7. The molecule has 2 aromatic carbocycles. The Hall–Kier alpha value is -2.86. The van der Waals surface area contributed by atoms with Gasteiger partial charge in [-0.2, -0.15) is 4.31 Å². The molecule has 0 unspecified atom stereocenters. The van der Waals surface area contributed by atoms with Gasteiger partial charge in [0.2, 0.25) is 10.0 Å². The van der Waals surface area contributed by atoms with E-state index in [1.54, 1.807) is 30.0 Å². The second kappa shape index (κ2) is 12.3. The van der Waals surface area contributed by atoms with Crippen LogP contribution >= 0.6 is 11.6 Å². The summed E-state index contributed by atoms with van der Waals surface area (Å²) >= 11 is 5.93. The van der Waals surface area contributed by atoms with Gasteiger partial charge in [0.15, 0.2) is 5.75 Å². The summed E-state index contributed by atoms with van der Waals surface area (Å²) in [7, 11) is -2.41. The van der Waals surface area contributed by atoms with Gasteiger partial charge in [0.1, 0.15) is 6.10 Å². The number of aliphatic hydroxyl groups excluding tert-OH is 1. The van der Waals surface area contributed by atoms with Gasteiger partial charge in [0.25, 0.3) is 5.91 Å². The number of carbonyl (C=O) groups is 2. The Labute approximate surface area is 229 Å². The van der Waals surface area contributed by atoms with E-state index in [1.807, 2.05) is 20.8 Å². The average molecular weight is 567 g/mol. The minimum absolute atomic E-state index is 0.0341. The van der Waals surface area contributed by atoms with Gasteiger partial charge in [0, 0.05) is 30.6 Å². The number of nitrogens with one attached hydrogen (secondary N) is 2. The monoisotopic (exact) mass is 566 g/mol. The van der Waals surface area contributed by atoms with Gasteiger partial charge < -0.3 is 25.4 Å². The van der Waals surface area contributed by atoms with Crippen molar-refractivity contribution in [2.45, 2.75) is 50.8 Å². The molecule has 0 aliphatic carbocycles. The molecule has 208 valence electrons. The lowest BCUT2D eigenvalue weighted by molar-refractivity contribution is 0.0389. The van der Waals surface area contributed by atoms with Crippen LogP contribution in [0.1, 0.15) is 38.1 Å². The molecule has 1 heterocycles. The van der Waals surface area contributed by atoms with Crippen LogP contribution in [0.2, 0.25) is 5.02 Å². The van der Waals surface area contributed by atoms with Gasteiger partial charge in [-0.3, -0.25) is 4.79 Å². The van der Waals surface area contributed by atoms with E-state index in [0.717, 1.165) is 0 Å². The summed E-state index contributed by atoms with van der Waals surface area (Å²) in [5.41, 5.74) is 0.473. The molecule has 0 saturated heterocycles. The standard InChI is InChI=1S/C26H35ClN4O6S/c1-16(2)28-26(34)29-22-8-6-7-21-24(22)37-23(17(3)13-31(25(21)33)18(4)15-32)14-30(5)38(35,36)20-11-9-19(27)10-12-20/h6-12,16-18,23,32H,13-15H2,1-5H3,(H2,28,29,34)/t17-,18-,23-/m1/s1. The molecule has 3 atom stereocenters. The smallest absolute Gasteiger partial charge is 0.319 e. The lowest BCUT2D eigenvalue weighted by Gasteiger charge is -2.38. The Kier molecular flexibility index (Phi) is 9.64. The molecule has 1 aliphatic rings. The number of amides is 3. The lowest BCUT2D eigenvalue weighted by atomic mass is 9.99. The fraction of sp³-hybridized carbons (Fsp3) is 0.462. The Morgan fingerprint density at radius 1 is 1.21 bits per heavy atom. The van der Waals surface area contributed by atoms with Crippen LogP contribution in [0, 0.1) is 5.92 Å². The number of halogens is 1. The van der Waals surface area contributed by atoms with Crippen molar-refractivity contribution in [3.05, 3.63) is 53.1 Å². The maximum absolute atomic E-state index is 13.5. The number of sulfonamides is 1. The summed E-state index contributed by atoms with van der Waals surface area (Å²) in [5.74, 6) is -0.552. The molecule has 0 spiro atoms. The maximum atomic E-state index is 13.5. The van der Waals surface area contributed by atoms with Crippen molar-refractivity contribution >= 4 is 39.2 Å². The van der Waals surface area contributed by atoms with Crippen LogP contribution in [0.5, 0.6) is 5.75 Å². The quantitative estimate of drug-likeness (QED) is 0.449. The minimum atomic E-state index is -3.87. The van der Waals surface area contributed by atoms with E-state index in [1.165, 1.54) is 35.6 Å². The highest BCUT2D eigenvalue weighted by atomic mass is 35.5. The predicted molar refractivity (Wildman–Crippen MR) is 146 cm³/mol. The summed E-state index contributed by atoms with van der Waals surface area (Å²) in [6, 6.07) is 9.63. The van der Waals surface area contributed by atoms with Crippen LogP contribution in [-0.2, 0) is 10.0 Å². The number of nitrogens with zero attached hydrogens (tertiary/aromatic N) is 2. The molecule has 2 aromatic rings. The highest BCUT2D eigenvalue weighted by Crippen LogP contribution is 2.35.